The predicted octanol–water partition coefficient (Wildman–Crippen LogP) is 2.17. The van der Waals surface area contributed by atoms with Crippen molar-refractivity contribution in [2.24, 2.45) is 0 Å². The van der Waals surface area contributed by atoms with E-state index in [1.54, 1.807) is 0 Å². The Kier molecular flexibility index (Phi) is 4.58. The molecule has 0 saturated carbocycles. The van der Waals surface area contributed by atoms with Gasteiger partial charge >= 0.3 is 0 Å². The lowest BCUT2D eigenvalue weighted by Gasteiger charge is -2.30. The van der Waals surface area contributed by atoms with Gasteiger partial charge < -0.3 is 5.32 Å². The lowest BCUT2D eigenvalue weighted by atomic mass is 10.0. The third kappa shape index (κ3) is 3.46. The fraction of sp³-hybridized carbons (Fsp3) is 0.412. The third-order valence-electron chi connectivity index (χ3n) is 3.98. The van der Waals surface area contributed by atoms with E-state index in [0.717, 1.165) is 31.9 Å². The van der Waals surface area contributed by atoms with Crippen LogP contribution in [0.5, 0.6) is 0 Å². The molecule has 110 valence electrons. The van der Waals surface area contributed by atoms with Gasteiger partial charge in [0.1, 0.15) is 0 Å². The average molecular weight is 282 g/mol. The summed E-state index contributed by atoms with van der Waals surface area (Å²) in [7, 11) is 0. The van der Waals surface area contributed by atoms with Crippen LogP contribution in [-0.4, -0.2) is 41.0 Å². The van der Waals surface area contributed by atoms with E-state index in [9.17, 15) is 0 Å². The monoisotopic (exact) mass is 282 g/mol. The van der Waals surface area contributed by atoms with E-state index < -0.39 is 0 Å². The number of pyridine rings is 2. The van der Waals surface area contributed by atoms with E-state index in [-0.39, 0.29) is 6.04 Å². The smallest absolute Gasteiger partial charge is 0.0777 e. The molecule has 0 aliphatic carbocycles. The highest BCUT2D eigenvalue weighted by Gasteiger charge is 2.24. The van der Waals surface area contributed by atoms with E-state index in [2.05, 4.69) is 51.4 Å². The summed E-state index contributed by atoms with van der Waals surface area (Å²) in [6, 6.07) is 8.72. The molecule has 4 nitrogen and oxygen atoms in total. The van der Waals surface area contributed by atoms with Crippen molar-refractivity contribution in [1.29, 1.82) is 0 Å². The van der Waals surface area contributed by atoms with Gasteiger partial charge in [-0.25, -0.2) is 0 Å². The van der Waals surface area contributed by atoms with E-state index in [0.29, 0.717) is 0 Å². The molecular weight excluding hydrogens is 260 g/mol. The van der Waals surface area contributed by atoms with E-state index in [4.69, 9.17) is 0 Å². The molecule has 3 heterocycles. The summed E-state index contributed by atoms with van der Waals surface area (Å²) in [5, 5.41) is 3.47. The molecular formula is C17H22N4. The SMILES string of the molecule is Cc1ccc(C(c2ccncc2)N2CCCNCC2)nc1. The Bertz CT molecular complexity index is 545. The summed E-state index contributed by atoms with van der Waals surface area (Å²) in [6.07, 6.45) is 6.87. The molecule has 4 heteroatoms. The highest BCUT2D eigenvalue weighted by molar-refractivity contribution is 5.27. The highest BCUT2D eigenvalue weighted by Crippen LogP contribution is 2.27. The fourth-order valence-corrected chi connectivity index (χ4v) is 2.88. The maximum absolute atomic E-state index is 4.68. The Balaban J connectivity index is 1.95. The molecule has 1 N–H and O–H groups in total. The number of hydrogen-bond donors (Lipinski definition) is 1. The number of nitrogens with one attached hydrogen (secondary N) is 1. The quantitative estimate of drug-likeness (QED) is 0.937. The van der Waals surface area contributed by atoms with Gasteiger partial charge in [-0.3, -0.25) is 14.9 Å². The molecule has 1 unspecified atom stereocenters. The molecule has 2 aromatic rings. The van der Waals surface area contributed by atoms with Crippen LogP contribution in [0.3, 0.4) is 0 Å². The summed E-state index contributed by atoms with van der Waals surface area (Å²) in [6.45, 7) is 6.35. The second-order valence-electron chi connectivity index (χ2n) is 5.58. The van der Waals surface area contributed by atoms with E-state index in [1.165, 1.54) is 17.5 Å². The highest BCUT2D eigenvalue weighted by atomic mass is 15.2. The molecule has 21 heavy (non-hydrogen) atoms. The zero-order chi connectivity index (χ0) is 14.5. The second-order valence-corrected chi connectivity index (χ2v) is 5.58. The maximum Gasteiger partial charge on any atom is 0.0777 e. The number of hydrogen-bond acceptors (Lipinski definition) is 4. The van der Waals surface area contributed by atoms with E-state index in [1.807, 2.05) is 18.6 Å². The van der Waals surface area contributed by atoms with Gasteiger partial charge in [-0.15, -0.1) is 0 Å². The number of aryl methyl sites for hydroxylation is 1. The van der Waals surface area contributed by atoms with Crippen molar-refractivity contribution in [3.05, 3.63) is 59.7 Å². The van der Waals surface area contributed by atoms with Crippen LogP contribution in [0.25, 0.3) is 0 Å². The molecule has 0 amide bonds. The van der Waals surface area contributed by atoms with Gasteiger partial charge in [0.25, 0.3) is 0 Å². The van der Waals surface area contributed by atoms with Gasteiger partial charge in [0.15, 0.2) is 0 Å². The third-order valence-corrected chi connectivity index (χ3v) is 3.98. The first-order valence-electron chi connectivity index (χ1n) is 7.62. The van der Waals surface area contributed by atoms with Crippen molar-refractivity contribution in [3.63, 3.8) is 0 Å². The Morgan fingerprint density at radius 3 is 2.71 bits per heavy atom. The van der Waals surface area contributed by atoms with Crippen LogP contribution in [0.15, 0.2) is 42.9 Å². The average Bonchev–Trinajstić information content (AvgIpc) is 2.80. The summed E-state index contributed by atoms with van der Waals surface area (Å²) < 4.78 is 0. The molecule has 0 radical (unpaired) electrons. The van der Waals surface area contributed by atoms with Crippen molar-refractivity contribution in [2.45, 2.75) is 19.4 Å². The van der Waals surface area contributed by atoms with Gasteiger partial charge in [0.2, 0.25) is 0 Å². The minimum atomic E-state index is 0.216. The summed E-state index contributed by atoms with van der Waals surface area (Å²) in [4.78, 5) is 11.3. The molecule has 1 aliphatic heterocycles. The predicted molar refractivity (Wildman–Crippen MR) is 84.1 cm³/mol. The van der Waals surface area contributed by atoms with Crippen LogP contribution in [0.4, 0.5) is 0 Å². The van der Waals surface area contributed by atoms with Crippen LogP contribution in [0.2, 0.25) is 0 Å². The minimum absolute atomic E-state index is 0.216. The van der Waals surface area contributed by atoms with Gasteiger partial charge in [-0.1, -0.05) is 6.07 Å². The first kappa shape index (κ1) is 14.2. The molecule has 1 fully saturated rings. The molecule has 1 aliphatic rings. The Labute approximate surface area is 126 Å². The topological polar surface area (TPSA) is 41.1 Å². The summed E-state index contributed by atoms with van der Waals surface area (Å²) in [5.74, 6) is 0. The van der Waals surface area contributed by atoms with Crippen LogP contribution in [0, 0.1) is 6.92 Å². The molecule has 3 rings (SSSR count). The lowest BCUT2D eigenvalue weighted by Crippen LogP contribution is -2.33. The largest absolute Gasteiger partial charge is 0.315 e. The van der Waals surface area contributed by atoms with Gasteiger partial charge in [-0.2, -0.15) is 0 Å². The van der Waals surface area contributed by atoms with Gasteiger partial charge in [0, 0.05) is 38.2 Å². The van der Waals surface area contributed by atoms with Gasteiger partial charge in [0.05, 0.1) is 11.7 Å². The van der Waals surface area contributed by atoms with Crippen LogP contribution >= 0.6 is 0 Å². The van der Waals surface area contributed by atoms with Crippen molar-refractivity contribution in [1.82, 2.24) is 20.2 Å². The Morgan fingerprint density at radius 1 is 1.10 bits per heavy atom. The normalized spacial score (nSPS) is 18.1. The lowest BCUT2D eigenvalue weighted by molar-refractivity contribution is 0.237. The minimum Gasteiger partial charge on any atom is -0.315 e. The van der Waals surface area contributed by atoms with Crippen LogP contribution < -0.4 is 5.32 Å². The standard InChI is InChI=1S/C17H22N4/c1-14-3-4-16(20-13-14)17(15-5-8-19-9-6-15)21-11-2-7-18-10-12-21/h3-6,8-9,13,17-18H,2,7,10-12H2,1H3. The number of aromatic nitrogens is 2. The van der Waals surface area contributed by atoms with Crippen molar-refractivity contribution in [3.8, 4) is 0 Å². The summed E-state index contributed by atoms with van der Waals surface area (Å²) in [5.41, 5.74) is 3.58. The van der Waals surface area contributed by atoms with Crippen LogP contribution in [-0.2, 0) is 0 Å². The van der Waals surface area contributed by atoms with Crippen molar-refractivity contribution >= 4 is 0 Å². The summed E-state index contributed by atoms with van der Waals surface area (Å²) >= 11 is 0. The van der Waals surface area contributed by atoms with Crippen molar-refractivity contribution < 1.29 is 0 Å². The maximum atomic E-state index is 4.68. The second kappa shape index (κ2) is 6.78. The molecule has 0 aromatic carbocycles. The Hall–Kier alpha value is -1.78. The van der Waals surface area contributed by atoms with Crippen molar-refractivity contribution in [2.75, 3.05) is 26.2 Å². The van der Waals surface area contributed by atoms with E-state index >= 15 is 0 Å². The molecule has 1 saturated heterocycles. The van der Waals surface area contributed by atoms with Gasteiger partial charge in [-0.05, 0) is 49.2 Å². The zero-order valence-corrected chi connectivity index (χ0v) is 12.5. The molecule has 2 aromatic heterocycles. The molecule has 1 atom stereocenters. The first-order chi connectivity index (χ1) is 10.3. The first-order valence-corrected chi connectivity index (χ1v) is 7.62. The zero-order valence-electron chi connectivity index (χ0n) is 12.5. The molecule has 0 bridgehead atoms. The number of rotatable bonds is 3. The number of nitrogens with zero attached hydrogens (tertiary/aromatic N) is 3. The molecule has 0 spiro atoms. The Morgan fingerprint density at radius 2 is 1.95 bits per heavy atom. The fourth-order valence-electron chi connectivity index (χ4n) is 2.88. The van der Waals surface area contributed by atoms with Crippen LogP contribution in [0.1, 0.15) is 29.3 Å².